The molecule has 1 atom stereocenters. The van der Waals surface area contributed by atoms with Crippen LogP contribution in [0, 0.1) is 4.77 Å². The van der Waals surface area contributed by atoms with Crippen LogP contribution in [0.4, 0.5) is 0 Å². The van der Waals surface area contributed by atoms with Gasteiger partial charge < -0.3 is 4.74 Å². The summed E-state index contributed by atoms with van der Waals surface area (Å²) >= 11 is 5.01. The Balaban J connectivity index is 1.83. The molecule has 0 fully saturated rings. The van der Waals surface area contributed by atoms with Gasteiger partial charge in [0.1, 0.15) is 0 Å². The van der Waals surface area contributed by atoms with Crippen molar-refractivity contribution in [1.29, 1.82) is 0 Å². The lowest BCUT2D eigenvalue weighted by atomic mass is 10.2. The van der Waals surface area contributed by atoms with Crippen molar-refractivity contribution in [3.05, 3.63) is 40.7 Å². The first-order valence-electron chi connectivity index (χ1n) is 5.38. The molecule has 0 radical (unpaired) electrons. The second-order valence-electron chi connectivity index (χ2n) is 3.80. The van der Waals surface area contributed by atoms with Crippen LogP contribution in [-0.2, 0) is 11.3 Å². The number of hydrogen-bond donors (Lipinski definition) is 1. The van der Waals surface area contributed by atoms with Crippen molar-refractivity contribution in [1.82, 2.24) is 20.2 Å². The van der Waals surface area contributed by atoms with Crippen LogP contribution in [0.5, 0.6) is 0 Å². The van der Waals surface area contributed by atoms with Gasteiger partial charge in [-0.2, -0.15) is 5.21 Å². The average Bonchev–Trinajstić information content (AvgIpc) is 2.77. The number of aromatic amines is 1. The molecular weight excluding hydrogens is 236 g/mol. The van der Waals surface area contributed by atoms with E-state index in [0.29, 0.717) is 18.0 Å². The zero-order valence-corrected chi connectivity index (χ0v) is 10.4. The van der Waals surface area contributed by atoms with Gasteiger partial charge in [0.05, 0.1) is 19.3 Å². The molecule has 0 bridgehead atoms. The highest BCUT2D eigenvalue weighted by atomic mass is 32.1. The summed E-state index contributed by atoms with van der Waals surface area (Å²) in [6, 6.07) is 10.2. The lowest BCUT2D eigenvalue weighted by Crippen LogP contribution is -2.14. The molecule has 0 spiro atoms. The molecule has 0 aliphatic carbocycles. The van der Waals surface area contributed by atoms with E-state index in [-0.39, 0.29) is 6.04 Å². The van der Waals surface area contributed by atoms with Gasteiger partial charge >= 0.3 is 0 Å². The number of H-pyrrole nitrogens is 1. The van der Waals surface area contributed by atoms with Crippen LogP contribution in [0.25, 0.3) is 0 Å². The molecule has 17 heavy (non-hydrogen) atoms. The number of hydrogen-bond acceptors (Lipinski definition) is 4. The van der Waals surface area contributed by atoms with Crippen molar-refractivity contribution < 1.29 is 4.74 Å². The van der Waals surface area contributed by atoms with E-state index >= 15 is 0 Å². The highest BCUT2D eigenvalue weighted by Gasteiger charge is 2.06. The topological polar surface area (TPSA) is 55.7 Å². The van der Waals surface area contributed by atoms with Gasteiger partial charge in [-0.15, -0.1) is 0 Å². The number of nitrogens with one attached hydrogen (secondary N) is 1. The fourth-order valence-electron chi connectivity index (χ4n) is 1.49. The van der Waals surface area contributed by atoms with Crippen LogP contribution in [0.3, 0.4) is 0 Å². The Bertz CT molecular complexity index is 507. The van der Waals surface area contributed by atoms with E-state index in [9.17, 15) is 0 Å². The standard InChI is InChI=1S/C11H14N4OS/c1-9(15-11(17)12-13-14-15)7-16-8-10-5-3-2-4-6-10/h2-6,9H,7-8H2,1H3,(H,12,14,17). The van der Waals surface area contributed by atoms with Crippen molar-refractivity contribution in [3.8, 4) is 0 Å². The van der Waals surface area contributed by atoms with Gasteiger partial charge in [0.25, 0.3) is 0 Å². The zero-order chi connectivity index (χ0) is 12.1. The summed E-state index contributed by atoms with van der Waals surface area (Å²) in [5.74, 6) is 0. The molecule has 0 saturated carbocycles. The van der Waals surface area contributed by atoms with Crippen LogP contribution in [-0.4, -0.2) is 26.8 Å². The summed E-state index contributed by atoms with van der Waals surface area (Å²) in [5.41, 5.74) is 1.16. The second-order valence-corrected chi connectivity index (χ2v) is 4.17. The van der Waals surface area contributed by atoms with Crippen LogP contribution in [0.1, 0.15) is 18.5 Å². The number of tetrazole rings is 1. The largest absolute Gasteiger partial charge is 0.375 e. The number of benzene rings is 1. The van der Waals surface area contributed by atoms with Gasteiger partial charge in [-0.1, -0.05) is 40.6 Å². The molecule has 1 aromatic heterocycles. The molecule has 1 heterocycles. The Morgan fingerprint density at radius 3 is 2.82 bits per heavy atom. The lowest BCUT2D eigenvalue weighted by molar-refractivity contribution is 0.0905. The monoisotopic (exact) mass is 250 g/mol. The van der Waals surface area contributed by atoms with E-state index in [2.05, 4.69) is 15.5 Å². The van der Waals surface area contributed by atoms with Crippen molar-refractivity contribution in [2.24, 2.45) is 0 Å². The van der Waals surface area contributed by atoms with E-state index in [4.69, 9.17) is 17.0 Å². The zero-order valence-electron chi connectivity index (χ0n) is 9.54. The molecule has 2 aromatic rings. The maximum Gasteiger partial charge on any atom is 0.238 e. The van der Waals surface area contributed by atoms with E-state index in [1.165, 1.54) is 0 Å². The maximum absolute atomic E-state index is 5.62. The Kier molecular flexibility index (Phi) is 4.00. The first-order chi connectivity index (χ1) is 8.27. The summed E-state index contributed by atoms with van der Waals surface area (Å²) in [6.07, 6.45) is 0. The normalized spacial score (nSPS) is 12.5. The SMILES string of the molecule is CC(COCc1ccccc1)n1[nH]nnc1=S. The smallest absolute Gasteiger partial charge is 0.238 e. The molecule has 1 N–H and O–H groups in total. The van der Waals surface area contributed by atoms with E-state index in [1.807, 2.05) is 37.3 Å². The van der Waals surface area contributed by atoms with Gasteiger partial charge in [0.15, 0.2) is 0 Å². The Morgan fingerprint density at radius 2 is 2.18 bits per heavy atom. The number of aromatic nitrogens is 4. The predicted octanol–water partition coefficient (Wildman–Crippen LogP) is 2.11. The van der Waals surface area contributed by atoms with Gasteiger partial charge in [0.2, 0.25) is 4.77 Å². The van der Waals surface area contributed by atoms with Crippen molar-refractivity contribution in [2.45, 2.75) is 19.6 Å². The van der Waals surface area contributed by atoms with Crippen molar-refractivity contribution in [2.75, 3.05) is 6.61 Å². The molecule has 2 rings (SSSR count). The highest BCUT2D eigenvalue weighted by molar-refractivity contribution is 7.71. The number of nitrogens with zero attached hydrogens (tertiary/aromatic N) is 3. The van der Waals surface area contributed by atoms with Crippen LogP contribution in [0.2, 0.25) is 0 Å². The fraction of sp³-hybridized carbons (Fsp3) is 0.364. The van der Waals surface area contributed by atoms with Crippen molar-refractivity contribution >= 4 is 12.2 Å². The quantitative estimate of drug-likeness (QED) is 0.826. The van der Waals surface area contributed by atoms with Gasteiger partial charge in [-0.3, -0.25) is 0 Å². The maximum atomic E-state index is 5.62. The molecule has 0 aliphatic heterocycles. The molecule has 0 saturated heterocycles. The summed E-state index contributed by atoms with van der Waals surface area (Å²) in [4.78, 5) is 0. The molecule has 1 aromatic carbocycles. The highest BCUT2D eigenvalue weighted by Crippen LogP contribution is 2.06. The predicted molar refractivity (Wildman–Crippen MR) is 66.0 cm³/mol. The Morgan fingerprint density at radius 1 is 1.41 bits per heavy atom. The molecular formula is C11H14N4OS. The minimum atomic E-state index is 0.0983. The number of ether oxygens (including phenoxy) is 1. The van der Waals surface area contributed by atoms with Crippen molar-refractivity contribution in [3.63, 3.8) is 0 Å². The van der Waals surface area contributed by atoms with E-state index in [1.54, 1.807) is 4.68 Å². The van der Waals surface area contributed by atoms with E-state index < -0.39 is 0 Å². The number of rotatable bonds is 5. The molecule has 1 unspecified atom stereocenters. The van der Waals surface area contributed by atoms with Gasteiger partial charge in [-0.25, -0.2) is 4.68 Å². The summed E-state index contributed by atoms with van der Waals surface area (Å²) < 4.78 is 7.77. The van der Waals surface area contributed by atoms with Crippen LogP contribution >= 0.6 is 12.2 Å². The first kappa shape index (κ1) is 11.9. The van der Waals surface area contributed by atoms with Crippen LogP contribution in [0.15, 0.2) is 30.3 Å². The Hall–Kier alpha value is -1.53. The molecule has 90 valence electrons. The van der Waals surface area contributed by atoms with E-state index in [0.717, 1.165) is 5.56 Å². The summed E-state index contributed by atoms with van der Waals surface area (Å²) in [5, 5.41) is 10.1. The molecule has 0 amide bonds. The summed E-state index contributed by atoms with van der Waals surface area (Å²) in [7, 11) is 0. The van der Waals surface area contributed by atoms with Crippen LogP contribution < -0.4 is 0 Å². The third-order valence-corrected chi connectivity index (χ3v) is 2.68. The van der Waals surface area contributed by atoms with Gasteiger partial charge in [0, 0.05) is 0 Å². The Labute approximate surface area is 104 Å². The fourth-order valence-corrected chi connectivity index (χ4v) is 1.75. The third-order valence-electron chi connectivity index (χ3n) is 2.41. The molecule has 5 nitrogen and oxygen atoms in total. The lowest BCUT2D eigenvalue weighted by Gasteiger charge is -2.12. The second kappa shape index (κ2) is 5.70. The minimum absolute atomic E-state index is 0.0983. The molecule has 6 heteroatoms. The third kappa shape index (κ3) is 3.21. The summed E-state index contributed by atoms with van der Waals surface area (Å²) in [6.45, 7) is 3.16. The van der Waals surface area contributed by atoms with Gasteiger partial charge in [-0.05, 0) is 24.7 Å². The first-order valence-corrected chi connectivity index (χ1v) is 5.79. The minimum Gasteiger partial charge on any atom is -0.375 e. The average molecular weight is 250 g/mol. The molecule has 0 aliphatic rings.